The Morgan fingerprint density at radius 2 is 1.85 bits per heavy atom. The molecule has 1 aromatic heterocycles. The second-order valence-corrected chi connectivity index (χ2v) is 6.92. The molecule has 0 aliphatic carbocycles. The molecule has 130 valence electrons. The van der Waals surface area contributed by atoms with Gasteiger partial charge in [-0.15, -0.1) is 5.10 Å². The monoisotopic (exact) mass is 343 g/mol. The highest BCUT2D eigenvalue weighted by atomic mass is 15.3. The fourth-order valence-corrected chi connectivity index (χ4v) is 3.62. The number of hydrogen-bond donors (Lipinski definition) is 1. The van der Waals surface area contributed by atoms with Crippen molar-refractivity contribution >= 4 is 28.5 Å². The minimum atomic E-state index is -0.0589. The maximum Gasteiger partial charge on any atom is 0.176 e. The van der Waals surface area contributed by atoms with Crippen molar-refractivity contribution in [1.29, 1.82) is 0 Å². The Morgan fingerprint density at radius 3 is 2.69 bits per heavy atom. The van der Waals surface area contributed by atoms with Gasteiger partial charge in [-0.3, -0.25) is 5.43 Å². The number of nitrogens with one attached hydrogen (secondary N) is 1. The molecule has 0 atom stereocenters. The molecule has 5 heteroatoms. The lowest BCUT2D eigenvalue weighted by Crippen LogP contribution is -2.23. The van der Waals surface area contributed by atoms with Crippen LogP contribution in [0.1, 0.15) is 19.4 Å². The smallest absolute Gasteiger partial charge is 0.176 e. The Labute approximate surface area is 153 Å². The summed E-state index contributed by atoms with van der Waals surface area (Å²) in [5.41, 5.74) is 6.72. The van der Waals surface area contributed by atoms with Gasteiger partial charge in [0.05, 0.1) is 6.20 Å². The molecule has 1 aliphatic rings. The second-order valence-electron chi connectivity index (χ2n) is 6.92. The summed E-state index contributed by atoms with van der Waals surface area (Å²) in [5.74, 6) is 0.653. The molecule has 1 N–H and O–H groups in total. The van der Waals surface area contributed by atoms with Crippen LogP contribution in [0.25, 0.3) is 10.8 Å². The maximum atomic E-state index is 4.34. The number of rotatable bonds is 3. The standard InChI is InChI=1S/C21H21N5/c1-21(2)17-10-6-7-11-18(17)26(3)19(21)12-13-22-24-20-16-9-5-4-8-15(16)14-23-25-20/h4-14H,1-3H3,(H,24,25)/b19-12-,22-13+. The summed E-state index contributed by atoms with van der Waals surface area (Å²) in [5, 5.41) is 14.5. The molecular weight excluding hydrogens is 322 g/mol. The summed E-state index contributed by atoms with van der Waals surface area (Å²) in [6.45, 7) is 4.47. The number of hydrazone groups is 1. The van der Waals surface area contributed by atoms with Crippen molar-refractivity contribution in [1.82, 2.24) is 10.2 Å². The molecule has 4 rings (SSSR count). The van der Waals surface area contributed by atoms with Gasteiger partial charge in [-0.25, -0.2) is 0 Å². The molecule has 0 unspecified atom stereocenters. The van der Waals surface area contributed by atoms with Crippen LogP contribution in [-0.2, 0) is 5.41 Å². The van der Waals surface area contributed by atoms with Gasteiger partial charge in [0.2, 0.25) is 0 Å². The third-order valence-electron chi connectivity index (χ3n) is 4.99. The third kappa shape index (κ3) is 2.62. The Hall–Kier alpha value is -3.21. The van der Waals surface area contributed by atoms with Crippen molar-refractivity contribution in [2.24, 2.45) is 5.10 Å². The van der Waals surface area contributed by atoms with Crippen LogP contribution in [0.4, 0.5) is 11.5 Å². The Kier molecular flexibility index (Phi) is 3.92. The first-order valence-corrected chi connectivity index (χ1v) is 8.62. The number of allylic oxidation sites excluding steroid dienone is 2. The lowest BCUT2D eigenvalue weighted by atomic mass is 9.84. The zero-order chi connectivity index (χ0) is 18.1. The molecule has 0 bridgehead atoms. The molecule has 0 fully saturated rings. The van der Waals surface area contributed by atoms with Crippen LogP contribution in [0.5, 0.6) is 0 Å². The maximum absolute atomic E-state index is 4.34. The van der Waals surface area contributed by atoms with Crippen LogP contribution >= 0.6 is 0 Å². The highest BCUT2D eigenvalue weighted by molar-refractivity contribution is 5.91. The van der Waals surface area contributed by atoms with Gasteiger partial charge >= 0.3 is 0 Å². The number of fused-ring (bicyclic) bond motifs is 2. The predicted octanol–water partition coefficient (Wildman–Crippen LogP) is 4.34. The quantitative estimate of drug-likeness (QED) is 0.568. The minimum Gasteiger partial charge on any atom is -0.347 e. The van der Waals surface area contributed by atoms with E-state index in [4.69, 9.17) is 0 Å². The summed E-state index contributed by atoms with van der Waals surface area (Å²) < 4.78 is 0. The van der Waals surface area contributed by atoms with Crippen LogP contribution in [0.3, 0.4) is 0 Å². The molecular formula is C21H21N5. The second kappa shape index (κ2) is 6.26. The van der Waals surface area contributed by atoms with E-state index in [1.165, 1.54) is 16.9 Å². The van der Waals surface area contributed by atoms with Crippen molar-refractivity contribution in [3.8, 4) is 0 Å². The minimum absolute atomic E-state index is 0.0589. The van der Waals surface area contributed by atoms with Gasteiger partial charge < -0.3 is 4.90 Å². The number of likely N-dealkylation sites (N-methyl/N-ethyl adjacent to an activating group) is 1. The van der Waals surface area contributed by atoms with Gasteiger partial charge in [0.25, 0.3) is 0 Å². The van der Waals surface area contributed by atoms with E-state index in [2.05, 4.69) is 70.8 Å². The van der Waals surface area contributed by atoms with Gasteiger partial charge in [-0.2, -0.15) is 10.2 Å². The van der Waals surface area contributed by atoms with Gasteiger partial charge in [0.15, 0.2) is 5.82 Å². The van der Waals surface area contributed by atoms with Crippen LogP contribution in [0, 0.1) is 0 Å². The molecule has 3 aromatic rings. The molecule has 0 saturated carbocycles. The molecule has 1 aliphatic heterocycles. The normalized spacial score (nSPS) is 17.2. The van der Waals surface area contributed by atoms with Crippen molar-refractivity contribution in [2.45, 2.75) is 19.3 Å². The van der Waals surface area contributed by atoms with E-state index in [0.717, 1.165) is 10.8 Å². The summed E-state index contributed by atoms with van der Waals surface area (Å²) in [6.07, 6.45) is 5.58. The largest absolute Gasteiger partial charge is 0.347 e. The number of nitrogens with zero attached hydrogens (tertiary/aromatic N) is 4. The Bertz CT molecular complexity index is 1010. The first kappa shape index (κ1) is 16.3. The molecule has 0 amide bonds. The summed E-state index contributed by atoms with van der Waals surface area (Å²) >= 11 is 0. The summed E-state index contributed by atoms with van der Waals surface area (Å²) in [6, 6.07) is 16.5. The van der Waals surface area contributed by atoms with Crippen molar-refractivity contribution in [3.63, 3.8) is 0 Å². The van der Waals surface area contributed by atoms with E-state index in [1.807, 2.05) is 30.3 Å². The fraction of sp³-hybridized carbons (Fsp3) is 0.190. The number of hydrogen-bond acceptors (Lipinski definition) is 5. The number of aromatic nitrogens is 2. The number of benzene rings is 2. The molecule has 0 radical (unpaired) electrons. The first-order chi connectivity index (χ1) is 12.6. The molecule has 0 spiro atoms. The van der Waals surface area contributed by atoms with Crippen LogP contribution in [0.2, 0.25) is 0 Å². The van der Waals surface area contributed by atoms with E-state index >= 15 is 0 Å². The zero-order valence-corrected chi connectivity index (χ0v) is 15.1. The summed E-state index contributed by atoms with van der Waals surface area (Å²) in [7, 11) is 2.09. The van der Waals surface area contributed by atoms with Gasteiger partial charge in [0.1, 0.15) is 0 Å². The SMILES string of the molecule is CN1/C(=C\C=N\Nc2nncc3ccccc23)C(C)(C)c2ccccc21. The van der Waals surface area contributed by atoms with Crippen LogP contribution < -0.4 is 10.3 Å². The van der Waals surface area contributed by atoms with Gasteiger partial charge in [0, 0.05) is 40.8 Å². The average molecular weight is 343 g/mol. The van der Waals surface area contributed by atoms with Gasteiger partial charge in [-0.05, 0) is 17.7 Å². The van der Waals surface area contributed by atoms with E-state index in [1.54, 1.807) is 12.4 Å². The third-order valence-corrected chi connectivity index (χ3v) is 4.99. The lowest BCUT2D eigenvalue weighted by Gasteiger charge is -2.23. The number of para-hydroxylation sites is 1. The Morgan fingerprint density at radius 1 is 1.08 bits per heavy atom. The zero-order valence-electron chi connectivity index (χ0n) is 15.1. The highest BCUT2D eigenvalue weighted by Crippen LogP contribution is 2.46. The van der Waals surface area contributed by atoms with E-state index < -0.39 is 0 Å². The van der Waals surface area contributed by atoms with E-state index in [0.29, 0.717) is 5.82 Å². The molecule has 2 aromatic carbocycles. The van der Waals surface area contributed by atoms with Crippen molar-refractivity contribution in [3.05, 3.63) is 72.1 Å². The molecule has 5 nitrogen and oxygen atoms in total. The Balaban J connectivity index is 1.58. The first-order valence-electron chi connectivity index (χ1n) is 8.62. The molecule has 0 saturated heterocycles. The van der Waals surface area contributed by atoms with Crippen LogP contribution in [0.15, 0.2) is 71.6 Å². The number of anilines is 2. The summed E-state index contributed by atoms with van der Waals surface area (Å²) in [4.78, 5) is 2.22. The molecule has 26 heavy (non-hydrogen) atoms. The van der Waals surface area contributed by atoms with Crippen molar-refractivity contribution < 1.29 is 0 Å². The molecule has 2 heterocycles. The fourth-order valence-electron chi connectivity index (χ4n) is 3.62. The van der Waals surface area contributed by atoms with E-state index in [9.17, 15) is 0 Å². The topological polar surface area (TPSA) is 53.4 Å². The predicted molar refractivity (Wildman–Crippen MR) is 108 cm³/mol. The van der Waals surface area contributed by atoms with Crippen molar-refractivity contribution in [2.75, 3.05) is 17.4 Å². The average Bonchev–Trinajstić information content (AvgIpc) is 2.86. The highest BCUT2D eigenvalue weighted by Gasteiger charge is 2.37. The lowest BCUT2D eigenvalue weighted by molar-refractivity contribution is 0.641. The van der Waals surface area contributed by atoms with Gasteiger partial charge in [-0.1, -0.05) is 56.3 Å². The van der Waals surface area contributed by atoms with E-state index in [-0.39, 0.29) is 5.41 Å². The van der Waals surface area contributed by atoms with Crippen LogP contribution in [-0.4, -0.2) is 23.5 Å².